The first-order valence-electron chi connectivity index (χ1n) is 7.56. The van der Waals surface area contributed by atoms with Crippen LogP contribution in [-0.2, 0) is 10.3 Å². The Morgan fingerprint density at radius 1 is 1.23 bits per heavy atom. The van der Waals surface area contributed by atoms with Gasteiger partial charge in [-0.1, -0.05) is 41.9 Å². The summed E-state index contributed by atoms with van der Waals surface area (Å²) in [6.07, 6.45) is 0. The van der Waals surface area contributed by atoms with E-state index in [2.05, 4.69) is 16.1 Å². The van der Waals surface area contributed by atoms with Gasteiger partial charge < -0.3 is 10.6 Å². The fraction of sp³-hybridized carbons (Fsp3) is 0.118. The van der Waals surface area contributed by atoms with Crippen molar-refractivity contribution in [3.63, 3.8) is 0 Å². The van der Waals surface area contributed by atoms with E-state index in [1.54, 1.807) is 31.2 Å². The topological polar surface area (TPSA) is 73.5 Å². The fourth-order valence-corrected chi connectivity index (χ4v) is 2.93. The smallest absolute Gasteiger partial charge is 0.331 e. The Labute approximate surface area is 159 Å². The molecule has 0 aliphatic carbocycles. The van der Waals surface area contributed by atoms with E-state index in [9.17, 15) is 14.0 Å². The molecule has 9 heteroatoms. The molecule has 0 saturated carbocycles. The van der Waals surface area contributed by atoms with Crippen LogP contribution < -0.4 is 16.1 Å². The number of thiocarbonyl (C=S) groups is 1. The number of benzene rings is 2. The van der Waals surface area contributed by atoms with E-state index in [4.69, 9.17) is 23.8 Å². The van der Waals surface area contributed by atoms with Crippen molar-refractivity contribution in [2.24, 2.45) is 0 Å². The summed E-state index contributed by atoms with van der Waals surface area (Å²) in [5.41, 5.74) is 2.39. The highest BCUT2D eigenvalue weighted by Crippen LogP contribution is 2.27. The molecule has 1 atom stereocenters. The van der Waals surface area contributed by atoms with E-state index >= 15 is 0 Å². The summed E-state index contributed by atoms with van der Waals surface area (Å²) in [6, 6.07) is 12.2. The number of anilines is 1. The molecule has 3 N–H and O–H groups in total. The van der Waals surface area contributed by atoms with Crippen LogP contribution in [-0.4, -0.2) is 22.1 Å². The Bertz CT molecular complexity index is 896. The highest BCUT2D eigenvalue weighted by molar-refractivity contribution is 7.80. The van der Waals surface area contributed by atoms with Gasteiger partial charge in [-0.25, -0.2) is 9.18 Å². The van der Waals surface area contributed by atoms with Crippen LogP contribution in [0.3, 0.4) is 0 Å². The molecule has 3 amide bonds. The molecule has 1 fully saturated rings. The van der Waals surface area contributed by atoms with Crippen LogP contribution in [0.4, 0.5) is 14.9 Å². The minimum absolute atomic E-state index is 0.0199. The SMILES string of the molecule is C[C@]1(c2ccccc2)NC(=O)N(NC(=S)Nc2ccc(F)c(Cl)c2)C1=O. The zero-order valence-electron chi connectivity index (χ0n) is 13.5. The third kappa shape index (κ3) is 3.33. The second-order valence-electron chi connectivity index (χ2n) is 5.76. The number of hydrogen-bond donors (Lipinski definition) is 3. The van der Waals surface area contributed by atoms with Crippen molar-refractivity contribution < 1.29 is 14.0 Å². The van der Waals surface area contributed by atoms with Gasteiger partial charge in [0.05, 0.1) is 5.02 Å². The van der Waals surface area contributed by atoms with Gasteiger partial charge in [-0.15, -0.1) is 0 Å². The number of carbonyl (C=O) groups excluding carboxylic acids is 2. The lowest BCUT2D eigenvalue weighted by atomic mass is 9.92. The average molecular weight is 393 g/mol. The van der Waals surface area contributed by atoms with Gasteiger partial charge in [0.2, 0.25) is 0 Å². The van der Waals surface area contributed by atoms with Gasteiger partial charge in [0.15, 0.2) is 5.11 Å². The lowest BCUT2D eigenvalue weighted by Crippen LogP contribution is -2.49. The number of hydrazine groups is 1. The molecule has 1 aliphatic rings. The van der Waals surface area contributed by atoms with Crippen LogP contribution in [0.2, 0.25) is 5.02 Å². The largest absolute Gasteiger partial charge is 0.344 e. The predicted octanol–water partition coefficient (Wildman–Crippen LogP) is 3.15. The number of urea groups is 1. The van der Waals surface area contributed by atoms with Crippen LogP contribution in [0.15, 0.2) is 48.5 Å². The number of amides is 3. The van der Waals surface area contributed by atoms with Crippen LogP contribution >= 0.6 is 23.8 Å². The standard InChI is InChI=1S/C17H14ClFN4O2S/c1-17(10-5-3-2-4-6-10)14(24)23(16(25)21-17)22-15(26)20-11-7-8-13(19)12(18)9-11/h2-9H,1H3,(H,21,25)(H2,20,22,26)/t17-/m1/s1. The number of halogens is 2. The average Bonchev–Trinajstić information content (AvgIpc) is 2.83. The summed E-state index contributed by atoms with van der Waals surface area (Å²) in [5, 5.41) is 6.09. The van der Waals surface area contributed by atoms with E-state index < -0.39 is 23.3 Å². The van der Waals surface area contributed by atoms with Crippen molar-refractivity contribution in [3.8, 4) is 0 Å². The fourth-order valence-electron chi connectivity index (χ4n) is 2.54. The molecule has 134 valence electrons. The monoisotopic (exact) mass is 392 g/mol. The maximum Gasteiger partial charge on any atom is 0.344 e. The van der Waals surface area contributed by atoms with E-state index in [0.717, 1.165) is 5.01 Å². The summed E-state index contributed by atoms with van der Waals surface area (Å²) < 4.78 is 13.2. The Balaban J connectivity index is 1.73. The zero-order valence-corrected chi connectivity index (χ0v) is 15.1. The number of imide groups is 1. The van der Waals surface area contributed by atoms with Crippen LogP contribution in [0, 0.1) is 5.82 Å². The number of carbonyl (C=O) groups is 2. The van der Waals surface area contributed by atoms with E-state index in [1.165, 1.54) is 18.2 Å². The molecule has 0 radical (unpaired) electrons. The third-order valence-corrected chi connectivity index (χ3v) is 4.42. The molecule has 0 bridgehead atoms. The molecular weight excluding hydrogens is 379 g/mol. The van der Waals surface area contributed by atoms with Crippen molar-refractivity contribution in [3.05, 3.63) is 64.9 Å². The van der Waals surface area contributed by atoms with Gasteiger partial charge in [-0.3, -0.25) is 10.2 Å². The number of rotatable bonds is 3. The highest BCUT2D eigenvalue weighted by atomic mass is 35.5. The lowest BCUT2D eigenvalue weighted by Gasteiger charge is -2.22. The van der Waals surface area contributed by atoms with Crippen LogP contribution in [0.5, 0.6) is 0 Å². The quantitative estimate of drug-likeness (QED) is 0.553. The molecule has 2 aromatic carbocycles. The van der Waals surface area contributed by atoms with Crippen molar-refractivity contribution in [1.82, 2.24) is 15.8 Å². The van der Waals surface area contributed by atoms with E-state index in [0.29, 0.717) is 11.3 Å². The second kappa shape index (κ2) is 6.89. The van der Waals surface area contributed by atoms with Gasteiger partial charge in [-0.2, -0.15) is 5.01 Å². The number of nitrogens with one attached hydrogen (secondary N) is 3. The van der Waals surface area contributed by atoms with Crippen molar-refractivity contribution in [2.45, 2.75) is 12.5 Å². The van der Waals surface area contributed by atoms with E-state index in [1.807, 2.05) is 6.07 Å². The Kier molecular flexibility index (Phi) is 4.80. The van der Waals surface area contributed by atoms with Gasteiger partial charge in [0.1, 0.15) is 11.4 Å². The van der Waals surface area contributed by atoms with Gasteiger partial charge in [0, 0.05) is 5.69 Å². The molecule has 2 aromatic rings. The van der Waals surface area contributed by atoms with Gasteiger partial charge in [-0.05, 0) is 42.9 Å². The maximum atomic E-state index is 13.2. The molecule has 0 unspecified atom stereocenters. The summed E-state index contributed by atoms with van der Waals surface area (Å²) in [4.78, 5) is 25.0. The van der Waals surface area contributed by atoms with Crippen molar-refractivity contribution in [2.75, 3.05) is 5.32 Å². The zero-order chi connectivity index (χ0) is 18.9. The summed E-state index contributed by atoms with van der Waals surface area (Å²) >= 11 is 10.8. The molecule has 1 aliphatic heterocycles. The lowest BCUT2D eigenvalue weighted by molar-refractivity contribution is -0.132. The molecule has 3 rings (SSSR count). The molecule has 1 heterocycles. The van der Waals surface area contributed by atoms with Crippen LogP contribution in [0.25, 0.3) is 0 Å². The molecule has 0 spiro atoms. The van der Waals surface area contributed by atoms with Crippen LogP contribution in [0.1, 0.15) is 12.5 Å². The summed E-state index contributed by atoms with van der Waals surface area (Å²) in [6.45, 7) is 1.61. The van der Waals surface area contributed by atoms with Gasteiger partial charge in [0.25, 0.3) is 5.91 Å². The minimum Gasteiger partial charge on any atom is -0.331 e. The third-order valence-electron chi connectivity index (χ3n) is 3.93. The first kappa shape index (κ1) is 18.1. The summed E-state index contributed by atoms with van der Waals surface area (Å²) in [5.74, 6) is -1.07. The molecular formula is C17H14ClFN4O2S. The van der Waals surface area contributed by atoms with Crippen molar-refractivity contribution >= 4 is 46.6 Å². The first-order valence-corrected chi connectivity index (χ1v) is 8.35. The number of hydrogen-bond acceptors (Lipinski definition) is 3. The first-order chi connectivity index (χ1) is 12.3. The van der Waals surface area contributed by atoms with E-state index in [-0.39, 0.29) is 10.1 Å². The Hall–Kier alpha value is -2.71. The van der Waals surface area contributed by atoms with Gasteiger partial charge >= 0.3 is 6.03 Å². The van der Waals surface area contributed by atoms with Crippen molar-refractivity contribution in [1.29, 1.82) is 0 Å². The molecule has 6 nitrogen and oxygen atoms in total. The maximum absolute atomic E-state index is 13.2. The second-order valence-corrected chi connectivity index (χ2v) is 6.57. The normalized spacial score (nSPS) is 19.3. The predicted molar refractivity (Wildman–Crippen MR) is 99.9 cm³/mol. The highest BCUT2D eigenvalue weighted by Gasteiger charge is 2.49. The molecule has 0 aromatic heterocycles. The molecule has 26 heavy (non-hydrogen) atoms. The Morgan fingerprint density at radius 2 is 1.92 bits per heavy atom. The Morgan fingerprint density at radius 3 is 2.58 bits per heavy atom. The minimum atomic E-state index is -1.21. The summed E-state index contributed by atoms with van der Waals surface area (Å²) in [7, 11) is 0. The number of nitrogens with zero attached hydrogens (tertiary/aromatic N) is 1. The molecule has 1 saturated heterocycles.